The Hall–Kier alpha value is -0.212. The van der Waals surface area contributed by atoms with Gasteiger partial charge in [0, 0.05) is 5.54 Å². The molecule has 0 aromatic carbocycles. The Bertz CT molecular complexity index is 406. The second-order valence-electron chi connectivity index (χ2n) is 7.81. The number of rotatable bonds is 2. The average Bonchev–Trinajstić information content (AvgIpc) is 2.86. The molecule has 0 saturated heterocycles. The number of hydrogen-bond donors (Lipinski definition) is 1. The van der Waals surface area contributed by atoms with E-state index in [4.69, 9.17) is 0 Å². The van der Waals surface area contributed by atoms with Crippen LogP contribution in [0, 0.1) is 11.5 Å². The van der Waals surface area contributed by atoms with Crippen LogP contribution >= 0.6 is 0 Å². The molecule has 4 heteroatoms. The van der Waals surface area contributed by atoms with Crippen LogP contribution in [0.4, 0.5) is 0 Å². The predicted molar refractivity (Wildman–Crippen MR) is 106 cm³/mol. The van der Waals surface area contributed by atoms with Gasteiger partial charge in [0.15, 0.2) is 0 Å². The third-order valence-corrected chi connectivity index (χ3v) is 2.84. The van der Waals surface area contributed by atoms with Crippen LogP contribution in [0.5, 0.6) is 0 Å². The van der Waals surface area contributed by atoms with Crippen molar-refractivity contribution >= 4 is 0 Å². The van der Waals surface area contributed by atoms with Crippen LogP contribution in [-0.4, -0.2) is 40.3 Å². The van der Waals surface area contributed by atoms with Gasteiger partial charge in [-0.3, -0.25) is 0 Å². The fraction of sp³-hybridized carbons (Fsp3) is 0.700. The van der Waals surface area contributed by atoms with Gasteiger partial charge in [0.25, 0.3) is 0 Å². The molecule has 1 N–H and O–H groups in total. The molecule has 1 aliphatic carbocycles. The van der Waals surface area contributed by atoms with Crippen LogP contribution in [0.3, 0.4) is 0 Å². The van der Waals surface area contributed by atoms with Crippen LogP contribution in [0.15, 0.2) is 28.9 Å². The van der Waals surface area contributed by atoms with Crippen molar-refractivity contribution in [2.45, 2.75) is 54.0 Å². The Labute approximate surface area is 166 Å². The van der Waals surface area contributed by atoms with Gasteiger partial charge in [-0.05, 0) is 32.7 Å². The summed E-state index contributed by atoms with van der Waals surface area (Å²) in [5, 5.41) is 10.5. The summed E-state index contributed by atoms with van der Waals surface area (Å²) in [6.45, 7) is 16.4. The summed E-state index contributed by atoms with van der Waals surface area (Å²) in [6, 6.07) is 0. The second kappa shape index (κ2) is 14.0. The number of allylic oxidation sites excluding steroid dienone is 5. The van der Waals surface area contributed by atoms with E-state index in [9.17, 15) is 0 Å². The average molecular weight is 416 g/mol. The van der Waals surface area contributed by atoms with E-state index >= 15 is 0 Å². The molecule has 0 aliphatic heterocycles. The molecule has 0 saturated carbocycles. The monoisotopic (exact) mass is 418 g/mol. The molecule has 139 valence electrons. The van der Waals surface area contributed by atoms with E-state index in [0.29, 0.717) is 0 Å². The minimum Gasteiger partial charge on any atom is -0.668 e. The van der Waals surface area contributed by atoms with E-state index in [-0.39, 0.29) is 32.0 Å². The van der Waals surface area contributed by atoms with Crippen molar-refractivity contribution in [2.24, 2.45) is 5.41 Å². The van der Waals surface area contributed by atoms with Gasteiger partial charge in [0.05, 0.1) is 0 Å². The molecule has 0 aromatic rings. The van der Waals surface area contributed by atoms with Gasteiger partial charge < -0.3 is 16.0 Å². The fourth-order valence-corrected chi connectivity index (χ4v) is 1.57. The molecular formula is C20H38MoN3. The summed E-state index contributed by atoms with van der Waals surface area (Å²) in [5.74, 6) is 0. The van der Waals surface area contributed by atoms with Crippen molar-refractivity contribution in [3.8, 4) is 0 Å². The molecule has 0 heterocycles. The van der Waals surface area contributed by atoms with E-state index in [2.05, 4.69) is 82.6 Å². The zero-order valence-corrected chi connectivity index (χ0v) is 19.7. The minimum absolute atomic E-state index is 0. The normalized spacial score (nSPS) is 15.4. The molecule has 1 rings (SSSR count). The Morgan fingerprint density at radius 3 is 1.67 bits per heavy atom. The van der Waals surface area contributed by atoms with E-state index < -0.39 is 0 Å². The molecule has 0 amide bonds. The van der Waals surface area contributed by atoms with Crippen LogP contribution in [0.25, 0.3) is 10.6 Å². The van der Waals surface area contributed by atoms with Crippen LogP contribution < -0.4 is 5.32 Å². The third-order valence-electron chi connectivity index (χ3n) is 2.84. The van der Waals surface area contributed by atoms with E-state index in [0.717, 1.165) is 6.54 Å². The molecule has 1 radical (unpaired) electrons. The molecular weight excluding hydrogens is 378 g/mol. The first-order valence-corrected chi connectivity index (χ1v) is 8.16. The Morgan fingerprint density at radius 1 is 0.958 bits per heavy atom. The molecule has 0 unspecified atom stereocenters. The van der Waals surface area contributed by atoms with Gasteiger partial charge in [-0.1, -0.05) is 27.7 Å². The number of nitrogens with one attached hydrogen (secondary N) is 1. The Balaban J connectivity index is -0.000000550. The first-order valence-electron chi connectivity index (χ1n) is 8.16. The number of hydrogen-bond acceptors (Lipinski definition) is 1. The van der Waals surface area contributed by atoms with Crippen LogP contribution in [0.1, 0.15) is 48.5 Å². The smallest absolute Gasteiger partial charge is 0.668 e. The SMILES string of the molecule is CC(CNC(C)(C)C)=C1[C-]=C(C(C)(C)C)C=C1.C[N-]C.C[N-]C.[Mo+3]. The van der Waals surface area contributed by atoms with Gasteiger partial charge in [-0.25, -0.2) is 0 Å². The number of nitrogens with zero attached hydrogens (tertiary/aromatic N) is 2. The quantitative estimate of drug-likeness (QED) is 0.483. The zero-order valence-electron chi connectivity index (χ0n) is 17.7. The summed E-state index contributed by atoms with van der Waals surface area (Å²) >= 11 is 0. The van der Waals surface area contributed by atoms with E-state index in [1.165, 1.54) is 16.7 Å². The van der Waals surface area contributed by atoms with E-state index in [1.807, 2.05) is 0 Å². The molecule has 0 bridgehead atoms. The van der Waals surface area contributed by atoms with Crippen molar-refractivity contribution in [3.63, 3.8) is 0 Å². The molecule has 24 heavy (non-hydrogen) atoms. The standard InChI is InChI=1S/C16H26N.2C2H6N.Mo/c1-12(11-17-16(5,6)7)13-8-9-14(10-13)15(2,3)4;2*1-3-2;/h8-9,17H,11H2,1-7H3;2*1-2H3;/q3*-1;+3. The van der Waals surface area contributed by atoms with Gasteiger partial charge >= 0.3 is 21.1 Å². The van der Waals surface area contributed by atoms with Crippen molar-refractivity contribution in [2.75, 3.05) is 34.7 Å². The summed E-state index contributed by atoms with van der Waals surface area (Å²) < 4.78 is 0. The van der Waals surface area contributed by atoms with Crippen LogP contribution in [-0.2, 0) is 21.1 Å². The van der Waals surface area contributed by atoms with Gasteiger partial charge in [-0.2, -0.15) is 45.9 Å². The Morgan fingerprint density at radius 2 is 1.38 bits per heavy atom. The first-order chi connectivity index (χ1) is 10.4. The Kier molecular flexibility index (Phi) is 16.7. The zero-order chi connectivity index (χ0) is 18.7. The summed E-state index contributed by atoms with van der Waals surface area (Å²) in [6.07, 6.45) is 7.88. The van der Waals surface area contributed by atoms with Crippen molar-refractivity contribution in [1.82, 2.24) is 5.32 Å². The maximum atomic E-state index is 3.51. The molecule has 3 nitrogen and oxygen atoms in total. The molecule has 1 aliphatic rings. The molecule has 0 spiro atoms. The summed E-state index contributed by atoms with van der Waals surface area (Å²) in [7, 11) is 7.00. The molecule has 0 fully saturated rings. The predicted octanol–water partition coefficient (Wildman–Crippen LogP) is 5.27. The summed E-state index contributed by atoms with van der Waals surface area (Å²) in [4.78, 5) is 0. The molecule has 0 atom stereocenters. The fourth-order valence-electron chi connectivity index (χ4n) is 1.57. The van der Waals surface area contributed by atoms with Crippen molar-refractivity contribution < 1.29 is 21.1 Å². The second-order valence-corrected chi connectivity index (χ2v) is 7.81. The first kappa shape index (κ1) is 28.6. The van der Waals surface area contributed by atoms with Gasteiger partial charge in [0.2, 0.25) is 0 Å². The minimum atomic E-state index is 0. The van der Waals surface area contributed by atoms with Crippen LogP contribution in [0.2, 0.25) is 0 Å². The van der Waals surface area contributed by atoms with Crippen molar-refractivity contribution in [1.29, 1.82) is 0 Å². The third kappa shape index (κ3) is 15.3. The van der Waals surface area contributed by atoms with Crippen molar-refractivity contribution in [3.05, 3.63) is 45.6 Å². The van der Waals surface area contributed by atoms with E-state index in [1.54, 1.807) is 28.2 Å². The molecule has 0 aromatic heterocycles. The van der Waals surface area contributed by atoms with Gasteiger partial charge in [0.1, 0.15) is 0 Å². The van der Waals surface area contributed by atoms with Gasteiger partial charge in [-0.15, -0.1) is 17.2 Å². The summed E-state index contributed by atoms with van der Waals surface area (Å²) in [5.41, 5.74) is 4.25. The maximum absolute atomic E-state index is 3.51. The largest absolute Gasteiger partial charge is 3.00 e. The maximum Gasteiger partial charge on any atom is 3.00 e. The topological polar surface area (TPSA) is 40.2 Å².